The number of aliphatic hydroxyl groups is 1. The molecule has 25 heavy (non-hydrogen) atoms. The summed E-state index contributed by atoms with van der Waals surface area (Å²) in [4.78, 5) is 22.6. The summed E-state index contributed by atoms with van der Waals surface area (Å²) in [6.07, 6.45) is -3.58. The quantitative estimate of drug-likeness (QED) is 0.774. The lowest BCUT2D eigenvalue weighted by molar-refractivity contribution is -0.281. The van der Waals surface area contributed by atoms with Crippen LogP contribution < -0.4 is 0 Å². The van der Waals surface area contributed by atoms with Gasteiger partial charge in [0.2, 0.25) is 0 Å². The molecule has 0 spiro atoms. The molecular formula is C18H24O7. The molecule has 1 fully saturated rings. The van der Waals surface area contributed by atoms with E-state index >= 15 is 0 Å². The van der Waals surface area contributed by atoms with Gasteiger partial charge in [-0.2, -0.15) is 0 Å². The fraction of sp³-hybridized carbons (Fsp3) is 0.556. The number of aliphatic hydroxyl groups excluding tert-OH is 1. The van der Waals surface area contributed by atoms with Crippen LogP contribution in [-0.4, -0.2) is 48.3 Å². The maximum atomic E-state index is 11.4. The van der Waals surface area contributed by atoms with Crippen LogP contribution in [0.4, 0.5) is 0 Å². The van der Waals surface area contributed by atoms with Gasteiger partial charge in [-0.25, -0.2) is 0 Å². The Kier molecular flexibility index (Phi) is 6.92. The second kappa shape index (κ2) is 8.94. The highest BCUT2D eigenvalue weighted by Crippen LogP contribution is 2.30. The summed E-state index contributed by atoms with van der Waals surface area (Å²) in [7, 11) is 0. The first-order valence-electron chi connectivity index (χ1n) is 8.18. The van der Waals surface area contributed by atoms with E-state index in [9.17, 15) is 14.7 Å². The average molecular weight is 352 g/mol. The van der Waals surface area contributed by atoms with Gasteiger partial charge in [0, 0.05) is 19.8 Å². The first-order valence-corrected chi connectivity index (χ1v) is 8.18. The molecule has 1 saturated heterocycles. The van der Waals surface area contributed by atoms with Crippen molar-refractivity contribution < 1.29 is 33.6 Å². The molecule has 0 saturated carbocycles. The smallest absolute Gasteiger partial charge is 0.303 e. The van der Waals surface area contributed by atoms with E-state index in [4.69, 9.17) is 18.9 Å². The molecule has 7 heteroatoms. The Morgan fingerprint density at radius 1 is 1.08 bits per heavy atom. The number of hydrogen-bond acceptors (Lipinski definition) is 7. The highest BCUT2D eigenvalue weighted by Gasteiger charge is 2.46. The Hall–Kier alpha value is -1.96. The van der Waals surface area contributed by atoms with Crippen molar-refractivity contribution >= 4 is 11.9 Å². The minimum absolute atomic E-state index is 0.126. The largest absolute Gasteiger partial charge is 0.459 e. The standard InChI is InChI=1S/C18H24O7/c1-11-16(23-12(2)19)15(25-18(21)17(11)24-13(3)20)10-22-9-14-7-5-4-6-8-14/h4-8,11,15-18,21H,9-10H2,1-3H3. The molecule has 2 rings (SSSR count). The number of esters is 2. The van der Waals surface area contributed by atoms with E-state index < -0.39 is 42.5 Å². The Morgan fingerprint density at radius 3 is 2.28 bits per heavy atom. The van der Waals surface area contributed by atoms with Crippen LogP contribution in [0.2, 0.25) is 0 Å². The van der Waals surface area contributed by atoms with Crippen molar-refractivity contribution in [2.75, 3.05) is 6.61 Å². The first-order chi connectivity index (χ1) is 11.9. The molecule has 5 unspecified atom stereocenters. The van der Waals surface area contributed by atoms with Crippen molar-refractivity contribution in [1.29, 1.82) is 0 Å². The summed E-state index contributed by atoms with van der Waals surface area (Å²) < 4.78 is 21.6. The van der Waals surface area contributed by atoms with Crippen LogP contribution in [0.3, 0.4) is 0 Å². The normalized spacial score (nSPS) is 29.0. The van der Waals surface area contributed by atoms with E-state index in [-0.39, 0.29) is 6.61 Å². The van der Waals surface area contributed by atoms with E-state index in [0.29, 0.717) is 6.61 Å². The Bertz CT molecular complexity index is 574. The Balaban J connectivity index is 2.01. The topological polar surface area (TPSA) is 91.3 Å². The van der Waals surface area contributed by atoms with Crippen LogP contribution in [0.5, 0.6) is 0 Å². The van der Waals surface area contributed by atoms with Crippen LogP contribution in [-0.2, 0) is 35.1 Å². The number of benzene rings is 1. The molecule has 0 aliphatic carbocycles. The van der Waals surface area contributed by atoms with E-state index in [0.717, 1.165) is 5.56 Å². The van der Waals surface area contributed by atoms with Crippen LogP contribution in [0.25, 0.3) is 0 Å². The lowest BCUT2D eigenvalue weighted by Gasteiger charge is -2.42. The maximum absolute atomic E-state index is 11.4. The lowest BCUT2D eigenvalue weighted by atomic mass is 9.90. The van der Waals surface area contributed by atoms with Gasteiger partial charge in [-0.15, -0.1) is 0 Å². The third kappa shape index (κ3) is 5.52. The lowest BCUT2D eigenvalue weighted by Crippen LogP contribution is -2.57. The van der Waals surface area contributed by atoms with Gasteiger partial charge in [-0.3, -0.25) is 9.59 Å². The summed E-state index contributed by atoms with van der Waals surface area (Å²) in [5.41, 5.74) is 0.994. The van der Waals surface area contributed by atoms with E-state index in [1.165, 1.54) is 13.8 Å². The third-order valence-electron chi connectivity index (χ3n) is 4.00. The molecule has 0 aromatic heterocycles. The van der Waals surface area contributed by atoms with Crippen molar-refractivity contribution in [3.63, 3.8) is 0 Å². The summed E-state index contributed by atoms with van der Waals surface area (Å²) in [6.45, 7) is 4.76. The highest BCUT2D eigenvalue weighted by molar-refractivity contribution is 5.67. The Morgan fingerprint density at radius 2 is 1.68 bits per heavy atom. The molecule has 0 radical (unpaired) electrons. The average Bonchev–Trinajstić information content (AvgIpc) is 2.55. The maximum Gasteiger partial charge on any atom is 0.303 e. The van der Waals surface area contributed by atoms with Gasteiger partial charge in [0.25, 0.3) is 0 Å². The number of carbonyl (C=O) groups excluding carboxylic acids is 2. The SMILES string of the molecule is CC(=O)OC1C(O)OC(COCc2ccccc2)C(OC(C)=O)C1C. The molecule has 1 heterocycles. The second-order valence-corrected chi connectivity index (χ2v) is 6.07. The number of ether oxygens (including phenoxy) is 4. The zero-order valence-electron chi connectivity index (χ0n) is 14.6. The summed E-state index contributed by atoms with van der Waals surface area (Å²) in [5.74, 6) is -1.46. The van der Waals surface area contributed by atoms with Crippen LogP contribution >= 0.6 is 0 Å². The van der Waals surface area contributed by atoms with Gasteiger partial charge < -0.3 is 24.1 Å². The zero-order chi connectivity index (χ0) is 18.4. The first kappa shape index (κ1) is 19.4. The Labute approximate surface area is 146 Å². The second-order valence-electron chi connectivity index (χ2n) is 6.07. The fourth-order valence-corrected chi connectivity index (χ4v) is 2.85. The molecule has 138 valence electrons. The number of rotatable bonds is 6. The minimum Gasteiger partial charge on any atom is -0.459 e. The molecule has 1 aromatic carbocycles. The third-order valence-corrected chi connectivity index (χ3v) is 4.00. The van der Waals surface area contributed by atoms with E-state index in [2.05, 4.69) is 0 Å². The fourth-order valence-electron chi connectivity index (χ4n) is 2.85. The van der Waals surface area contributed by atoms with E-state index in [1.54, 1.807) is 6.92 Å². The minimum atomic E-state index is -1.31. The molecule has 1 aromatic rings. The van der Waals surface area contributed by atoms with Crippen LogP contribution in [0.1, 0.15) is 26.3 Å². The predicted molar refractivity (Wildman–Crippen MR) is 87.2 cm³/mol. The van der Waals surface area contributed by atoms with Gasteiger partial charge in [-0.1, -0.05) is 37.3 Å². The molecule has 1 aliphatic rings. The highest BCUT2D eigenvalue weighted by atomic mass is 16.7. The molecular weight excluding hydrogens is 328 g/mol. The van der Waals surface area contributed by atoms with Crippen molar-refractivity contribution in [2.45, 2.75) is 52.0 Å². The van der Waals surface area contributed by atoms with Crippen molar-refractivity contribution in [1.82, 2.24) is 0 Å². The molecule has 1 aliphatic heterocycles. The predicted octanol–water partition coefficient (Wildman–Crippen LogP) is 1.42. The van der Waals surface area contributed by atoms with Gasteiger partial charge in [0.1, 0.15) is 12.2 Å². The van der Waals surface area contributed by atoms with Crippen molar-refractivity contribution in [3.8, 4) is 0 Å². The molecule has 0 amide bonds. The van der Waals surface area contributed by atoms with Gasteiger partial charge >= 0.3 is 11.9 Å². The molecule has 7 nitrogen and oxygen atoms in total. The van der Waals surface area contributed by atoms with Crippen LogP contribution in [0, 0.1) is 5.92 Å². The van der Waals surface area contributed by atoms with Gasteiger partial charge in [-0.05, 0) is 5.56 Å². The zero-order valence-corrected chi connectivity index (χ0v) is 14.6. The molecule has 5 atom stereocenters. The van der Waals surface area contributed by atoms with E-state index in [1.807, 2.05) is 30.3 Å². The van der Waals surface area contributed by atoms with Crippen LogP contribution in [0.15, 0.2) is 30.3 Å². The van der Waals surface area contributed by atoms with Crippen molar-refractivity contribution in [2.24, 2.45) is 5.92 Å². The van der Waals surface area contributed by atoms with Gasteiger partial charge in [0.15, 0.2) is 12.4 Å². The van der Waals surface area contributed by atoms with Crippen molar-refractivity contribution in [3.05, 3.63) is 35.9 Å². The molecule has 1 N–H and O–H groups in total. The monoisotopic (exact) mass is 352 g/mol. The summed E-state index contributed by atoms with van der Waals surface area (Å²) >= 11 is 0. The number of carbonyl (C=O) groups is 2. The number of hydrogen-bond donors (Lipinski definition) is 1. The summed E-state index contributed by atoms with van der Waals surface area (Å²) in [6, 6.07) is 9.59. The van der Waals surface area contributed by atoms with Gasteiger partial charge in [0.05, 0.1) is 13.2 Å². The molecule has 0 bridgehead atoms. The summed E-state index contributed by atoms with van der Waals surface area (Å²) in [5, 5.41) is 10.1.